The summed E-state index contributed by atoms with van der Waals surface area (Å²) >= 11 is 0. The molecule has 6 heteroatoms. The van der Waals surface area contributed by atoms with Crippen molar-refractivity contribution >= 4 is 23.0 Å². The lowest BCUT2D eigenvalue weighted by Gasteiger charge is -2.23. The van der Waals surface area contributed by atoms with Crippen molar-refractivity contribution in [1.82, 2.24) is 9.97 Å². The van der Waals surface area contributed by atoms with Crippen LogP contribution in [0.2, 0.25) is 0 Å². The van der Waals surface area contributed by atoms with E-state index in [0.717, 1.165) is 12.2 Å². The lowest BCUT2D eigenvalue weighted by molar-refractivity contribution is 0.978. The summed E-state index contributed by atoms with van der Waals surface area (Å²) in [5.74, 6) is 6.43. The average Bonchev–Trinajstić information content (AvgIpc) is 2.43. The van der Waals surface area contributed by atoms with Crippen molar-refractivity contribution in [3.05, 3.63) is 36.7 Å². The van der Waals surface area contributed by atoms with Crippen molar-refractivity contribution in [2.45, 2.75) is 6.92 Å². The highest BCUT2D eigenvalue weighted by Crippen LogP contribution is 2.30. The summed E-state index contributed by atoms with van der Waals surface area (Å²) in [4.78, 5) is 10.2. The normalized spacial score (nSPS) is 10.1. The highest BCUT2D eigenvalue weighted by Gasteiger charge is 2.14. The van der Waals surface area contributed by atoms with E-state index in [0.29, 0.717) is 17.3 Å². The monoisotopic (exact) mass is 244 g/mol. The van der Waals surface area contributed by atoms with Gasteiger partial charge in [-0.15, -0.1) is 0 Å². The highest BCUT2D eigenvalue weighted by atomic mass is 15.3. The third-order valence-electron chi connectivity index (χ3n) is 2.64. The lowest BCUT2D eigenvalue weighted by Crippen LogP contribution is -2.21. The highest BCUT2D eigenvalue weighted by molar-refractivity contribution is 5.78. The van der Waals surface area contributed by atoms with E-state index in [2.05, 4.69) is 15.4 Å². The van der Waals surface area contributed by atoms with Crippen LogP contribution in [0.4, 0.5) is 23.0 Å². The van der Waals surface area contributed by atoms with Gasteiger partial charge in [0.1, 0.15) is 12.0 Å². The molecule has 0 bridgehead atoms. The Morgan fingerprint density at radius 1 is 1.22 bits per heavy atom. The van der Waals surface area contributed by atoms with Crippen LogP contribution in [0.15, 0.2) is 36.7 Å². The summed E-state index contributed by atoms with van der Waals surface area (Å²) in [6, 6.07) is 9.91. The van der Waals surface area contributed by atoms with E-state index in [1.807, 2.05) is 42.2 Å². The van der Waals surface area contributed by atoms with Crippen molar-refractivity contribution in [2.75, 3.05) is 22.6 Å². The minimum Gasteiger partial charge on any atom is -0.393 e. The lowest BCUT2D eigenvalue weighted by atomic mass is 10.2. The van der Waals surface area contributed by atoms with Gasteiger partial charge in [-0.05, 0) is 19.1 Å². The van der Waals surface area contributed by atoms with Gasteiger partial charge in [-0.3, -0.25) is 0 Å². The molecule has 6 nitrogen and oxygen atoms in total. The summed E-state index contributed by atoms with van der Waals surface area (Å²) in [6.07, 6.45) is 1.44. The van der Waals surface area contributed by atoms with Crippen LogP contribution in [0.1, 0.15) is 6.92 Å². The van der Waals surface area contributed by atoms with E-state index in [4.69, 9.17) is 11.6 Å². The van der Waals surface area contributed by atoms with Crippen LogP contribution in [-0.2, 0) is 0 Å². The number of benzene rings is 1. The number of nitrogen functional groups attached to an aromatic ring is 2. The molecule has 5 N–H and O–H groups in total. The molecule has 0 amide bonds. The van der Waals surface area contributed by atoms with Gasteiger partial charge < -0.3 is 16.1 Å². The predicted octanol–water partition coefficient (Wildman–Crippen LogP) is 1.50. The van der Waals surface area contributed by atoms with Gasteiger partial charge in [-0.1, -0.05) is 18.2 Å². The Morgan fingerprint density at radius 2 is 1.94 bits per heavy atom. The van der Waals surface area contributed by atoms with Gasteiger partial charge in [0.2, 0.25) is 0 Å². The molecular weight excluding hydrogens is 228 g/mol. The summed E-state index contributed by atoms with van der Waals surface area (Å²) in [7, 11) is 0. The smallest absolute Gasteiger partial charge is 0.168 e. The van der Waals surface area contributed by atoms with Crippen LogP contribution < -0.4 is 21.9 Å². The summed E-state index contributed by atoms with van der Waals surface area (Å²) < 4.78 is 0. The summed E-state index contributed by atoms with van der Waals surface area (Å²) in [5, 5.41) is 0. The fraction of sp³-hybridized carbons (Fsp3) is 0.167. The molecule has 0 spiro atoms. The Kier molecular flexibility index (Phi) is 3.59. The number of rotatable bonds is 4. The van der Waals surface area contributed by atoms with Gasteiger partial charge in [0.05, 0.1) is 0 Å². The molecule has 2 aromatic rings. The first-order valence-electron chi connectivity index (χ1n) is 5.67. The van der Waals surface area contributed by atoms with Crippen LogP contribution in [-0.4, -0.2) is 16.5 Å². The van der Waals surface area contributed by atoms with Crippen LogP contribution in [0, 0.1) is 0 Å². The molecule has 0 aliphatic rings. The molecule has 0 unspecified atom stereocenters. The van der Waals surface area contributed by atoms with Gasteiger partial charge in [0.15, 0.2) is 11.6 Å². The van der Waals surface area contributed by atoms with Gasteiger partial charge in [-0.2, -0.15) is 0 Å². The maximum atomic E-state index is 6.00. The van der Waals surface area contributed by atoms with E-state index < -0.39 is 0 Å². The Balaban J connectivity index is 2.46. The molecule has 2 rings (SSSR count). The van der Waals surface area contributed by atoms with Gasteiger partial charge in [0, 0.05) is 12.2 Å². The van der Waals surface area contributed by atoms with Crippen molar-refractivity contribution < 1.29 is 0 Å². The van der Waals surface area contributed by atoms with Crippen LogP contribution in [0.5, 0.6) is 0 Å². The topological polar surface area (TPSA) is 93.1 Å². The Bertz CT molecular complexity index is 513. The van der Waals surface area contributed by atoms with E-state index >= 15 is 0 Å². The molecule has 0 atom stereocenters. The number of hydrogen-bond donors (Lipinski definition) is 3. The minimum absolute atomic E-state index is 0.425. The first-order valence-corrected chi connectivity index (χ1v) is 5.67. The number of nitrogens with one attached hydrogen (secondary N) is 1. The molecule has 0 saturated carbocycles. The first kappa shape index (κ1) is 12.1. The van der Waals surface area contributed by atoms with E-state index in [9.17, 15) is 0 Å². The molecule has 0 fully saturated rings. The molecule has 0 radical (unpaired) electrons. The Hall–Kier alpha value is -2.34. The largest absolute Gasteiger partial charge is 0.393 e. The van der Waals surface area contributed by atoms with Crippen LogP contribution >= 0.6 is 0 Å². The Labute approximate surface area is 106 Å². The zero-order valence-corrected chi connectivity index (χ0v) is 10.2. The van der Waals surface area contributed by atoms with Crippen LogP contribution in [0.25, 0.3) is 0 Å². The van der Waals surface area contributed by atoms with Crippen molar-refractivity contribution in [1.29, 1.82) is 0 Å². The standard InChI is InChI=1S/C12H16N6/c1-2-18(9-6-4-3-5-7-9)12-10(13)11(17-14)15-8-16-12/h3-8H,2,13-14H2,1H3,(H,15,16,17). The number of hydrazine groups is 1. The van der Waals surface area contributed by atoms with E-state index in [1.165, 1.54) is 6.33 Å². The molecular formula is C12H16N6. The first-order chi connectivity index (χ1) is 8.77. The van der Waals surface area contributed by atoms with E-state index in [1.54, 1.807) is 0 Å². The molecule has 0 saturated heterocycles. The van der Waals surface area contributed by atoms with Gasteiger partial charge >= 0.3 is 0 Å². The molecule has 1 aromatic heterocycles. The maximum absolute atomic E-state index is 6.00. The van der Waals surface area contributed by atoms with Gasteiger partial charge in [0.25, 0.3) is 0 Å². The zero-order chi connectivity index (χ0) is 13.0. The van der Waals surface area contributed by atoms with Crippen molar-refractivity contribution in [3.63, 3.8) is 0 Å². The molecule has 0 aliphatic carbocycles. The molecule has 0 aliphatic heterocycles. The molecule has 1 heterocycles. The molecule has 1 aromatic carbocycles. The van der Waals surface area contributed by atoms with Crippen LogP contribution in [0.3, 0.4) is 0 Å². The van der Waals surface area contributed by atoms with Gasteiger partial charge in [-0.25, -0.2) is 15.8 Å². The van der Waals surface area contributed by atoms with E-state index in [-0.39, 0.29) is 0 Å². The second kappa shape index (κ2) is 5.33. The quantitative estimate of drug-likeness (QED) is 0.557. The second-order valence-corrected chi connectivity index (χ2v) is 3.68. The van der Waals surface area contributed by atoms with Crippen molar-refractivity contribution in [2.24, 2.45) is 5.84 Å². The summed E-state index contributed by atoms with van der Waals surface area (Å²) in [5.41, 5.74) is 9.92. The average molecular weight is 244 g/mol. The third-order valence-corrected chi connectivity index (χ3v) is 2.64. The number of nitrogens with zero attached hydrogens (tertiary/aromatic N) is 3. The Morgan fingerprint density at radius 3 is 2.56 bits per heavy atom. The third kappa shape index (κ3) is 2.18. The minimum atomic E-state index is 0.425. The second-order valence-electron chi connectivity index (χ2n) is 3.68. The number of aromatic nitrogens is 2. The SMILES string of the molecule is CCN(c1ccccc1)c1ncnc(NN)c1N. The predicted molar refractivity (Wildman–Crippen MR) is 73.4 cm³/mol. The fourth-order valence-electron chi connectivity index (χ4n) is 1.78. The maximum Gasteiger partial charge on any atom is 0.168 e. The molecule has 18 heavy (non-hydrogen) atoms. The number of hydrogen-bond acceptors (Lipinski definition) is 6. The number of nitrogens with two attached hydrogens (primary N) is 2. The molecule has 94 valence electrons. The zero-order valence-electron chi connectivity index (χ0n) is 10.2. The summed E-state index contributed by atoms with van der Waals surface area (Å²) in [6.45, 7) is 2.78. The number of anilines is 4. The van der Waals surface area contributed by atoms with Crippen molar-refractivity contribution in [3.8, 4) is 0 Å². The fourth-order valence-corrected chi connectivity index (χ4v) is 1.78. The number of para-hydroxylation sites is 1.